The zero-order valence-electron chi connectivity index (χ0n) is 7.15. The van der Waals surface area contributed by atoms with Crippen LogP contribution in [0.1, 0.15) is 5.56 Å². The highest BCUT2D eigenvalue weighted by Gasteiger charge is 2.07. The predicted octanol–water partition coefficient (Wildman–Crippen LogP) is 1.03. The Kier molecular flexibility index (Phi) is 1.46. The largest absolute Gasteiger partial charge is 0.369 e. The van der Waals surface area contributed by atoms with Crippen LogP contribution in [-0.2, 0) is 7.05 Å². The molecule has 0 aliphatic rings. The maximum Gasteiger partial charge on any atom is 0.200 e. The molecule has 0 unspecified atom stereocenters. The van der Waals surface area contributed by atoms with Gasteiger partial charge in [-0.15, -0.1) is 0 Å². The Balaban J connectivity index is 2.97. The SMILES string of the molecule is Cn1c(N)nc2cccc(C#N)c21. The zero-order valence-corrected chi connectivity index (χ0v) is 7.15. The Morgan fingerprint density at radius 3 is 3.00 bits per heavy atom. The second kappa shape index (κ2) is 2.49. The third-order valence-electron chi connectivity index (χ3n) is 2.05. The van der Waals surface area contributed by atoms with Crippen molar-refractivity contribution < 1.29 is 0 Å². The smallest absolute Gasteiger partial charge is 0.200 e. The second-order valence-corrected chi connectivity index (χ2v) is 2.81. The molecule has 13 heavy (non-hydrogen) atoms. The third kappa shape index (κ3) is 0.942. The van der Waals surface area contributed by atoms with Gasteiger partial charge in [0.25, 0.3) is 0 Å². The molecule has 0 fully saturated rings. The summed E-state index contributed by atoms with van der Waals surface area (Å²) in [4.78, 5) is 4.11. The molecule has 0 amide bonds. The lowest BCUT2D eigenvalue weighted by atomic mass is 10.2. The van der Waals surface area contributed by atoms with Crippen LogP contribution in [0.4, 0.5) is 5.95 Å². The number of para-hydroxylation sites is 1. The highest BCUT2D eigenvalue weighted by atomic mass is 15.1. The van der Waals surface area contributed by atoms with Gasteiger partial charge >= 0.3 is 0 Å². The molecule has 0 aliphatic heterocycles. The van der Waals surface area contributed by atoms with Crippen molar-refractivity contribution in [1.82, 2.24) is 9.55 Å². The average molecular weight is 172 g/mol. The number of hydrogen-bond donors (Lipinski definition) is 1. The number of nitrogen functional groups attached to an aromatic ring is 1. The van der Waals surface area contributed by atoms with E-state index >= 15 is 0 Å². The van der Waals surface area contributed by atoms with Crippen molar-refractivity contribution in [3.63, 3.8) is 0 Å². The van der Waals surface area contributed by atoms with E-state index in [-0.39, 0.29) is 0 Å². The van der Waals surface area contributed by atoms with Gasteiger partial charge in [-0.1, -0.05) is 6.07 Å². The first-order chi connectivity index (χ1) is 6.24. The molecule has 0 bridgehead atoms. The predicted molar refractivity (Wildman–Crippen MR) is 49.8 cm³/mol. The monoisotopic (exact) mass is 172 g/mol. The molecule has 0 saturated carbocycles. The van der Waals surface area contributed by atoms with Crippen LogP contribution in [0, 0.1) is 11.3 Å². The van der Waals surface area contributed by atoms with Crippen molar-refractivity contribution in [2.24, 2.45) is 7.05 Å². The molecule has 2 N–H and O–H groups in total. The van der Waals surface area contributed by atoms with E-state index in [4.69, 9.17) is 11.0 Å². The lowest BCUT2D eigenvalue weighted by molar-refractivity contribution is 0.963. The van der Waals surface area contributed by atoms with Gasteiger partial charge in [-0.3, -0.25) is 0 Å². The first-order valence-corrected chi connectivity index (χ1v) is 3.85. The molecular weight excluding hydrogens is 164 g/mol. The van der Waals surface area contributed by atoms with Crippen molar-refractivity contribution in [1.29, 1.82) is 5.26 Å². The molecule has 0 radical (unpaired) electrons. The normalized spacial score (nSPS) is 10.2. The summed E-state index contributed by atoms with van der Waals surface area (Å²) in [5.74, 6) is 0.428. The van der Waals surface area contributed by atoms with E-state index in [0.29, 0.717) is 11.5 Å². The summed E-state index contributed by atoms with van der Waals surface area (Å²) in [5, 5.41) is 8.84. The molecule has 64 valence electrons. The van der Waals surface area contributed by atoms with Crippen molar-refractivity contribution in [2.75, 3.05) is 5.73 Å². The van der Waals surface area contributed by atoms with Crippen LogP contribution in [0.5, 0.6) is 0 Å². The Labute approximate surface area is 75.2 Å². The van der Waals surface area contributed by atoms with Gasteiger partial charge in [-0.25, -0.2) is 4.98 Å². The number of fused-ring (bicyclic) bond motifs is 1. The van der Waals surface area contributed by atoms with E-state index in [0.717, 1.165) is 11.0 Å². The lowest BCUT2D eigenvalue weighted by Gasteiger charge is -1.96. The van der Waals surface area contributed by atoms with Gasteiger partial charge in [0.1, 0.15) is 6.07 Å². The quantitative estimate of drug-likeness (QED) is 0.645. The molecule has 4 heteroatoms. The fourth-order valence-electron chi connectivity index (χ4n) is 1.38. The highest BCUT2D eigenvalue weighted by molar-refractivity contribution is 5.83. The number of nitrogens with zero attached hydrogens (tertiary/aromatic N) is 3. The summed E-state index contributed by atoms with van der Waals surface area (Å²) in [6.07, 6.45) is 0. The summed E-state index contributed by atoms with van der Waals surface area (Å²) in [5.41, 5.74) is 7.78. The maximum absolute atomic E-state index is 8.84. The van der Waals surface area contributed by atoms with Crippen molar-refractivity contribution in [3.05, 3.63) is 23.8 Å². The average Bonchev–Trinajstić information content (AvgIpc) is 2.43. The summed E-state index contributed by atoms with van der Waals surface area (Å²) >= 11 is 0. The number of hydrogen-bond acceptors (Lipinski definition) is 3. The molecule has 2 rings (SSSR count). The van der Waals surface area contributed by atoms with Gasteiger partial charge < -0.3 is 10.3 Å². The van der Waals surface area contributed by atoms with E-state index in [1.807, 2.05) is 6.07 Å². The molecule has 0 aliphatic carbocycles. The van der Waals surface area contributed by atoms with Gasteiger partial charge in [0.05, 0.1) is 16.6 Å². The molecule has 4 nitrogen and oxygen atoms in total. The van der Waals surface area contributed by atoms with Crippen molar-refractivity contribution in [2.45, 2.75) is 0 Å². The standard InChI is InChI=1S/C9H8N4/c1-13-8-6(5-10)3-2-4-7(8)12-9(13)11/h2-4H,1H3,(H2,11,12). The zero-order chi connectivity index (χ0) is 9.42. The van der Waals surface area contributed by atoms with Crippen LogP contribution in [0.2, 0.25) is 0 Å². The van der Waals surface area contributed by atoms with Crippen LogP contribution in [0.15, 0.2) is 18.2 Å². The first kappa shape index (κ1) is 7.62. The van der Waals surface area contributed by atoms with Crippen LogP contribution >= 0.6 is 0 Å². The third-order valence-corrected chi connectivity index (χ3v) is 2.05. The lowest BCUT2D eigenvalue weighted by Crippen LogP contribution is -1.97. The molecule has 1 aromatic carbocycles. The number of imidazole rings is 1. The summed E-state index contributed by atoms with van der Waals surface area (Å²) in [6, 6.07) is 7.50. The van der Waals surface area contributed by atoms with Crippen molar-refractivity contribution >= 4 is 17.0 Å². The van der Waals surface area contributed by atoms with Gasteiger partial charge in [0, 0.05) is 7.05 Å². The molecular formula is C9H8N4. The minimum Gasteiger partial charge on any atom is -0.369 e. The van der Waals surface area contributed by atoms with E-state index in [1.54, 1.807) is 23.7 Å². The highest BCUT2D eigenvalue weighted by Crippen LogP contribution is 2.19. The molecule has 2 aromatic rings. The Bertz CT molecular complexity index is 504. The van der Waals surface area contributed by atoms with Gasteiger partial charge in [-0.05, 0) is 12.1 Å². The Hall–Kier alpha value is -2.02. The van der Waals surface area contributed by atoms with E-state index in [2.05, 4.69) is 11.1 Å². The second-order valence-electron chi connectivity index (χ2n) is 2.81. The van der Waals surface area contributed by atoms with Gasteiger partial charge in [-0.2, -0.15) is 5.26 Å². The number of aromatic nitrogens is 2. The van der Waals surface area contributed by atoms with Crippen LogP contribution in [0.25, 0.3) is 11.0 Å². The molecule has 1 aromatic heterocycles. The van der Waals surface area contributed by atoms with Crippen LogP contribution < -0.4 is 5.73 Å². The van der Waals surface area contributed by atoms with Gasteiger partial charge in [0.15, 0.2) is 0 Å². The number of rotatable bonds is 0. The number of nitriles is 1. The van der Waals surface area contributed by atoms with Crippen molar-refractivity contribution in [3.8, 4) is 6.07 Å². The molecule has 0 saturated heterocycles. The minimum absolute atomic E-state index is 0.428. The Morgan fingerprint density at radius 1 is 1.54 bits per heavy atom. The number of aryl methyl sites for hydroxylation is 1. The molecule has 1 heterocycles. The topological polar surface area (TPSA) is 67.6 Å². The summed E-state index contributed by atoms with van der Waals surface area (Å²) in [7, 11) is 1.80. The maximum atomic E-state index is 8.84. The number of nitrogens with two attached hydrogens (primary N) is 1. The van der Waals surface area contributed by atoms with Gasteiger partial charge in [0.2, 0.25) is 5.95 Å². The van der Waals surface area contributed by atoms with Crippen LogP contribution in [-0.4, -0.2) is 9.55 Å². The molecule has 0 spiro atoms. The number of anilines is 1. The van der Waals surface area contributed by atoms with Crippen LogP contribution in [0.3, 0.4) is 0 Å². The fraction of sp³-hybridized carbons (Fsp3) is 0.111. The fourth-order valence-corrected chi connectivity index (χ4v) is 1.38. The molecule has 0 atom stereocenters. The van der Waals surface area contributed by atoms with E-state index in [9.17, 15) is 0 Å². The first-order valence-electron chi connectivity index (χ1n) is 3.85. The van der Waals surface area contributed by atoms with E-state index < -0.39 is 0 Å². The minimum atomic E-state index is 0.428. The summed E-state index contributed by atoms with van der Waals surface area (Å²) in [6.45, 7) is 0. The van der Waals surface area contributed by atoms with E-state index in [1.165, 1.54) is 0 Å². The number of benzene rings is 1. The summed E-state index contributed by atoms with van der Waals surface area (Å²) < 4.78 is 1.72. The Morgan fingerprint density at radius 2 is 2.31 bits per heavy atom.